The van der Waals surface area contributed by atoms with Crippen LogP contribution in [0.15, 0.2) is 30.4 Å². The van der Waals surface area contributed by atoms with Gasteiger partial charge in [-0.3, -0.25) is 29.9 Å². The Hall–Kier alpha value is -3.27. The van der Waals surface area contributed by atoms with Crippen LogP contribution >= 0.6 is 12.2 Å². The smallest absolute Gasteiger partial charge is 0.315 e. The number of aromatic hydroxyl groups is 1. The number of carbonyl (C=O) groups is 2. The van der Waals surface area contributed by atoms with Crippen LogP contribution in [0.5, 0.6) is 11.5 Å². The number of rotatable bonds is 5. The molecule has 1 aliphatic heterocycles. The summed E-state index contributed by atoms with van der Waals surface area (Å²) in [4.78, 5) is 35.8. The van der Waals surface area contributed by atoms with Gasteiger partial charge in [0.25, 0.3) is 11.8 Å². The van der Waals surface area contributed by atoms with Crippen molar-refractivity contribution in [2.75, 3.05) is 13.7 Å². The second-order valence-electron chi connectivity index (χ2n) is 4.87. The average Bonchev–Trinajstić information content (AvgIpc) is 2.56. The van der Waals surface area contributed by atoms with Gasteiger partial charge in [-0.1, -0.05) is 6.08 Å². The van der Waals surface area contributed by atoms with Crippen LogP contribution in [0.2, 0.25) is 0 Å². The fourth-order valence-corrected chi connectivity index (χ4v) is 2.40. The van der Waals surface area contributed by atoms with Crippen LogP contribution in [0.4, 0.5) is 5.69 Å². The maximum Gasteiger partial charge on any atom is 0.315 e. The lowest BCUT2D eigenvalue weighted by atomic mass is 10.1. The quantitative estimate of drug-likeness (QED) is 0.201. The summed E-state index contributed by atoms with van der Waals surface area (Å²) in [6.07, 6.45) is 2.60. The predicted molar refractivity (Wildman–Crippen MR) is 91.9 cm³/mol. The zero-order valence-electron chi connectivity index (χ0n) is 13.0. The van der Waals surface area contributed by atoms with E-state index in [1.54, 1.807) is 0 Å². The van der Waals surface area contributed by atoms with Crippen LogP contribution in [-0.2, 0) is 9.59 Å². The lowest BCUT2D eigenvalue weighted by molar-refractivity contribution is -0.386. The predicted octanol–water partition coefficient (Wildman–Crippen LogP) is 1.12. The summed E-state index contributed by atoms with van der Waals surface area (Å²) in [6, 6.07) is 2.29. The molecule has 0 aromatic heterocycles. The zero-order valence-corrected chi connectivity index (χ0v) is 13.8. The van der Waals surface area contributed by atoms with Crippen molar-refractivity contribution in [2.24, 2.45) is 0 Å². The van der Waals surface area contributed by atoms with Gasteiger partial charge in [0.15, 0.2) is 10.9 Å². The van der Waals surface area contributed by atoms with E-state index in [4.69, 9.17) is 17.0 Å². The summed E-state index contributed by atoms with van der Waals surface area (Å²) in [7, 11) is 1.22. The first-order valence-electron chi connectivity index (χ1n) is 6.85. The number of thiocarbonyl (C=S) groups is 1. The molecular formula is C15H13N3O6S. The number of phenols is 1. The molecule has 25 heavy (non-hydrogen) atoms. The van der Waals surface area contributed by atoms with Gasteiger partial charge < -0.3 is 9.84 Å². The highest BCUT2D eigenvalue weighted by Gasteiger charge is 2.33. The van der Waals surface area contributed by atoms with Crippen molar-refractivity contribution in [2.45, 2.75) is 0 Å². The third-order valence-corrected chi connectivity index (χ3v) is 3.62. The third-order valence-electron chi connectivity index (χ3n) is 3.30. The van der Waals surface area contributed by atoms with E-state index in [1.165, 1.54) is 19.3 Å². The highest BCUT2D eigenvalue weighted by atomic mass is 32.1. The maximum absolute atomic E-state index is 12.4. The van der Waals surface area contributed by atoms with Gasteiger partial charge in [0.05, 0.1) is 12.0 Å². The molecular weight excluding hydrogens is 350 g/mol. The van der Waals surface area contributed by atoms with Crippen molar-refractivity contribution in [1.29, 1.82) is 0 Å². The van der Waals surface area contributed by atoms with Crippen molar-refractivity contribution in [1.82, 2.24) is 10.2 Å². The first kappa shape index (κ1) is 18.1. The van der Waals surface area contributed by atoms with E-state index in [2.05, 4.69) is 11.9 Å². The normalized spacial score (nSPS) is 16.0. The Morgan fingerprint density at radius 2 is 2.16 bits per heavy atom. The van der Waals surface area contributed by atoms with Crippen LogP contribution in [0.3, 0.4) is 0 Å². The molecule has 0 atom stereocenters. The molecule has 1 aliphatic rings. The Kier molecular flexibility index (Phi) is 5.13. The largest absolute Gasteiger partial charge is 0.500 e. The Bertz CT molecular complexity index is 833. The highest BCUT2D eigenvalue weighted by molar-refractivity contribution is 7.80. The van der Waals surface area contributed by atoms with Crippen LogP contribution in [0, 0.1) is 10.1 Å². The number of phenolic OH excluding ortho intramolecular Hbond substituents is 1. The molecule has 2 amide bonds. The molecule has 0 bridgehead atoms. The van der Waals surface area contributed by atoms with E-state index in [-0.39, 0.29) is 28.5 Å². The number of nitro groups is 1. The maximum atomic E-state index is 12.4. The molecule has 2 N–H and O–H groups in total. The molecule has 9 nitrogen and oxygen atoms in total. The van der Waals surface area contributed by atoms with Gasteiger partial charge in [0.1, 0.15) is 5.57 Å². The lowest BCUT2D eigenvalue weighted by Gasteiger charge is -2.27. The summed E-state index contributed by atoms with van der Waals surface area (Å²) in [5.74, 6) is -2.21. The molecule has 1 fully saturated rings. The molecule has 0 radical (unpaired) electrons. The van der Waals surface area contributed by atoms with Gasteiger partial charge in [-0.25, -0.2) is 0 Å². The summed E-state index contributed by atoms with van der Waals surface area (Å²) in [5.41, 5.74) is -0.753. The van der Waals surface area contributed by atoms with Crippen LogP contribution in [0.1, 0.15) is 5.56 Å². The van der Waals surface area contributed by atoms with Crippen LogP contribution in [-0.4, -0.2) is 45.5 Å². The van der Waals surface area contributed by atoms with Gasteiger partial charge in [-0.2, -0.15) is 0 Å². The fourth-order valence-electron chi connectivity index (χ4n) is 2.15. The summed E-state index contributed by atoms with van der Waals surface area (Å²) < 4.78 is 4.88. The van der Waals surface area contributed by atoms with E-state index in [1.807, 2.05) is 0 Å². The van der Waals surface area contributed by atoms with Crippen LogP contribution < -0.4 is 10.1 Å². The number of nitrogens with zero attached hydrogens (tertiary/aromatic N) is 2. The van der Waals surface area contributed by atoms with Gasteiger partial charge in [0.2, 0.25) is 5.75 Å². The van der Waals surface area contributed by atoms with Crippen LogP contribution in [0.25, 0.3) is 6.08 Å². The average molecular weight is 363 g/mol. The molecule has 0 aliphatic carbocycles. The summed E-state index contributed by atoms with van der Waals surface area (Å²) >= 11 is 4.93. The SMILES string of the molecule is C=CCN1C(=O)/C(=C\c2cc(OC)c(O)c([N+](=O)[O-])c2)C(=O)NC1=S. The number of amides is 2. The van der Waals surface area contributed by atoms with Crippen molar-refractivity contribution < 1.29 is 24.4 Å². The van der Waals surface area contributed by atoms with Crippen molar-refractivity contribution in [3.05, 3.63) is 46.0 Å². The number of carbonyl (C=O) groups excluding carboxylic acids is 2. The minimum atomic E-state index is -0.804. The number of nitrogens with one attached hydrogen (secondary N) is 1. The van der Waals surface area contributed by atoms with Crippen molar-refractivity contribution in [3.63, 3.8) is 0 Å². The molecule has 2 rings (SSSR count). The first-order chi connectivity index (χ1) is 11.8. The summed E-state index contributed by atoms with van der Waals surface area (Å²) in [6.45, 7) is 3.60. The Balaban J connectivity index is 2.54. The van der Waals surface area contributed by atoms with Gasteiger partial charge in [-0.15, -0.1) is 6.58 Å². The molecule has 0 spiro atoms. The summed E-state index contributed by atoms with van der Waals surface area (Å²) in [5, 5.41) is 23.1. The van der Waals surface area contributed by atoms with E-state index < -0.39 is 28.2 Å². The number of hydrogen-bond donors (Lipinski definition) is 2. The second-order valence-corrected chi connectivity index (χ2v) is 5.26. The number of methoxy groups -OCH3 is 1. The number of benzene rings is 1. The molecule has 10 heteroatoms. The van der Waals surface area contributed by atoms with Crippen molar-refractivity contribution in [3.8, 4) is 11.5 Å². The van der Waals surface area contributed by atoms with Gasteiger partial charge in [-0.05, 0) is 29.9 Å². The van der Waals surface area contributed by atoms with E-state index >= 15 is 0 Å². The zero-order chi connectivity index (χ0) is 18.7. The molecule has 1 aromatic rings. The molecule has 1 saturated heterocycles. The molecule has 0 saturated carbocycles. The standard InChI is InChI=1S/C15H13N3O6S/c1-3-4-17-14(21)9(13(20)16-15(17)25)5-8-6-10(18(22)23)12(19)11(7-8)24-2/h3,5-7,19H,1,4H2,2H3,(H,16,20,25)/b9-5-. The number of nitro benzene ring substituents is 1. The van der Waals surface area contributed by atoms with E-state index in [0.29, 0.717) is 0 Å². The molecule has 1 heterocycles. The Morgan fingerprint density at radius 1 is 1.48 bits per heavy atom. The monoisotopic (exact) mass is 363 g/mol. The van der Waals surface area contributed by atoms with E-state index in [9.17, 15) is 24.8 Å². The van der Waals surface area contributed by atoms with E-state index in [0.717, 1.165) is 17.0 Å². The minimum Gasteiger partial charge on any atom is -0.500 e. The Labute approximate surface area is 147 Å². The number of ether oxygens (including phenoxy) is 1. The lowest BCUT2D eigenvalue weighted by Crippen LogP contribution is -2.53. The Morgan fingerprint density at radius 3 is 2.72 bits per heavy atom. The topological polar surface area (TPSA) is 122 Å². The second kappa shape index (κ2) is 7.09. The first-order valence-corrected chi connectivity index (χ1v) is 7.26. The minimum absolute atomic E-state index is 0.0543. The highest BCUT2D eigenvalue weighted by Crippen LogP contribution is 2.37. The van der Waals surface area contributed by atoms with Gasteiger partial charge in [0, 0.05) is 12.6 Å². The molecule has 1 aromatic carbocycles. The fraction of sp³-hybridized carbons (Fsp3) is 0.133. The third kappa shape index (κ3) is 3.48. The molecule has 130 valence electrons. The van der Waals surface area contributed by atoms with Gasteiger partial charge >= 0.3 is 5.69 Å². The molecule has 0 unspecified atom stereocenters. The van der Waals surface area contributed by atoms with Crippen molar-refractivity contribution >= 4 is 40.9 Å². The number of hydrogen-bond acceptors (Lipinski definition) is 7.